The van der Waals surface area contributed by atoms with E-state index in [2.05, 4.69) is 19.1 Å². The van der Waals surface area contributed by atoms with Gasteiger partial charge in [0.15, 0.2) is 0 Å². The summed E-state index contributed by atoms with van der Waals surface area (Å²) in [4.78, 5) is 13.7. The highest BCUT2D eigenvalue weighted by Gasteiger charge is 2.46. The van der Waals surface area contributed by atoms with Crippen LogP contribution in [0.25, 0.3) is 0 Å². The summed E-state index contributed by atoms with van der Waals surface area (Å²) in [6.45, 7) is 2.79. The van der Waals surface area contributed by atoms with Crippen molar-refractivity contribution in [2.75, 3.05) is 6.61 Å². The first-order chi connectivity index (χ1) is 8.25. The van der Waals surface area contributed by atoms with Gasteiger partial charge in [-0.2, -0.15) is 0 Å². The van der Waals surface area contributed by atoms with Crippen molar-refractivity contribution in [3.63, 3.8) is 0 Å². The molecule has 3 heteroatoms. The van der Waals surface area contributed by atoms with Gasteiger partial charge in [0.05, 0.1) is 6.04 Å². The summed E-state index contributed by atoms with van der Waals surface area (Å²) < 4.78 is 5.15. The average Bonchev–Trinajstić information content (AvgIpc) is 2.84. The number of ether oxygens (including phenoxy) is 1. The van der Waals surface area contributed by atoms with E-state index in [0.29, 0.717) is 24.6 Å². The molecule has 2 aliphatic heterocycles. The summed E-state index contributed by atoms with van der Waals surface area (Å²) >= 11 is 0. The molecule has 2 aliphatic rings. The highest BCUT2D eigenvalue weighted by Crippen LogP contribution is 2.35. The van der Waals surface area contributed by atoms with Crippen LogP contribution in [0.2, 0.25) is 0 Å². The first-order valence-corrected chi connectivity index (χ1v) is 6.24. The zero-order valence-electron chi connectivity index (χ0n) is 10.0. The molecule has 0 saturated carbocycles. The quantitative estimate of drug-likeness (QED) is 0.782. The van der Waals surface area contributed by atoms with Crippen LogP contribution in [0, 0.1) is 5.92 Å². The molecular formula is C14H17NO2. The predicted octanol–water partition coefficient (Wildman–Crippen LogP) is 2.46. The third-order valence-electron chi connectivity index (χ3n) is 3.95. The molecule has 0 bridgehead atoms. The van der Waals surface area contributed by atoms with Gasteiger partial charge in [0.1, 0.15) is 6.61 Å². The average molecular weight is 231 g/mol. The molecule has 0 aliphatic carbocycles. The maximum absolute atomic E-state index is 11.7. The van der Waals surface area contributed by atoms with Crippen molar-refractivity contribution >= 4 is 6.09 Å². The monoisotopic (exact) mass is 231 g/mol. The lowest BCUT2D eigenvalue weighted by molar-refractivity contribution is 0.149. The molecular weight excluding hydrogens is 214 g/mol. The lowest BCUT2D eigenvalue weighted by Gasteiger charge is -2.21. The van der Waals surface area contributed by atoms with Gasteiger partial charge in [-0.05, 0) is 24.3 Å². The number of amides is 1. The highest BCUT2D eigenvalue weighted by atomic mass is 16.6. The minimum atomic E-state index is -0.125. The fraction of sp³-hybridized carbons (Fsp3) is 0.500. The first kappa shape index (κ1) is 10.6. The molecule has 1 amide bonds. The maximum atomic E-state index is 11.7. The number of carbonyl (C=O) groups is 1. The normalized spacial score (nSPS) is 31.5. The zero-order valence-corrected chi connectivity index (χ0v) is 10.0. The van der Waals surface area contributed by atoms with E-state index < -0.39 is 0 Å². The number of carbonyl (C=O) groups excluding carboxylic acids is 1. The van der Waals surface area contributed by atoms with Gasteiger partial charge in [-0.1, -0.05) is 37.3 Å². The number of cyclic esters (lactones) is 1. The van der Waals surface area contributed by atoms with Gasteiger partial charge < -0.3 is 4.74 Å². The first-order valence-electron chi connectivity index (χ1n) is 6.24. The van der Waals surface area contributed by atoms with Crippen molar-refractivity contribution in [2.24, 2.45) is 5.92 Å². The summed E-state index contributed by atoms with van der Waals surface area (Å²) in [6.07, 6.45) is 1.91. The Hall–Kier alpha value is -1.51. The number of fused-ring (bicyclic) bond motifs is 1. The maximum Gasteiger partial charge on any atom is 0.410 e. The molecule has 0 unspecified atom stereocenters. The van der Waals surface area contributed by atoms with Crippen LogP contribution in [0.1, 0.15) is 18.9 Å². The van der Waals surface area contributed by atoms with Crippen molar-refractivity contribution in [3.8, 4) is 0 Å². The lowest BCUT2D eigenvalue weighted by Crippen LogP contribution is -2.36. The Bertz CT molecular complexity index is 417. The molecule has 2 heterocycles. The Morgan fingerprint density at radius 3 is 2.88 bits per heavy atom. The summed E-state index contributed by atoms with van der Waals surface area (Å²) in [7, 11) is 0. The van der Waals surface area contributed by atoms with E-state index in [1.807, 2.05) is 23.1 Å². The molecule has 2 saturated heterocycles. The molecule has 0 spiro atoms. The fourth-order valence-electron chi connectivity index (χ4n) is 3.07. The van der Waals surface area contributed by atoms with Gasteiger partial charge >= 0.3 is 6.09 Å². The molecule has 90 valence electrons. The molecule has 1 aromatic rings. The van der Waals surface area contributed by atoms with E-state index in [9.17, 15) is 4.79 Å². The SMILES string of the molecule is C[C@H]1C[C@H](Cc2ccccc2)N2C(=O)OC[C@@H]12. The van der Waals surface area contributed by atoms with E-state index in [-0.39, 0.29) is 6.09 Å². The zero-order chi connectivity index (χ0) is 11.8. The number of rotatable bonds is 2. The summed E-state index contributed by atoms with van der Waals surface area (Å²) in [5, 5.41) is 0. The van der Waals surface area contributed by atoms with E-state index >= 15 is 0 Å². The van der Waals surface area contributed by atoms with Gasteiger partial charge in [0.25, 0.3) is 0 Å². The van der Waals surface area contributed by atoms with Crippen molar-refractivity contribution in [1.82, 2.24) is 4.90 Å². The van der Waals surface area contributed by atoms with Crippen LogP contribution in [-0.2, 0) is 11.2 Å². The summed E-state index contributed by atoms with van der Waals surface area (Å²) in [5.41, 5.74) is 1.30. The van der Waals surface area contributed by atoms with Crippen LogP contribution in [0.5, 0.6) is 0 Å². The Kier molecular flexibility index (Phi) is 2.54. The van der Waals surface area contributed by atoms with Crippen LogP contribution in [0.15, 0.2) is 30.3 Å². The molecule has 0 aromatic heterocycles. The second kappa shape index (κ2) is 4.06. The Balaban J connectivity index is 1.78. The van der Waals surface area contributed by atoms with E-state index in [1.165, 1.54) is 5.56 Å². The minimum Gasteiger partial charge on any atom is -0.447 e. The Labute approximate surface area is 101 Å². The topological polar surface area (TPSA) is 29.5 Å². The van der Waals surface area contributed by atoms with Gasteiger partial charge in [-0.3, -0.25) is 4.90 Å². The molecule has 3 rings (SSSR count). The van der Waals surface area contributed by atoms with Crippen LogP contribution in [0.4, 0.5) is 4.79 Å². The van der Waals surface area contributed by atoms with Gasteiger partial charge in [-0.25, -0.2) is 4.79 Å². The third-order valence-corrected chi connectivity index (χ3v) is 3.95. The minimum absolute atomic E-state index is 0.125. The van der Waals surface area contributed by atoms with Crippen LogP contribution < -0.4 is 0 Å². The number of benzene rings is 1. The van der Waals surface area contributed by atoms with Crippen LogP contribution >= 0.6 is 0 Å². The second-order valence-corrected chi connectivity index (χ2v) is 5.11. The lowest BCUT2D eigenvalue weighted by atomic mass is 9.99. The molecule has 2 fully saturated rings. The molecule has 1 aromatic carbocycles. The van der Waals surface area contributed by atoms with E-state index in [1.54, 1.807) is 0 Å². The van der Waals surface area contributed by atoms with Gasteiger partial charge in [0, 0.05) is 6.04 Å². The summed E-state index contributed by atoms with van der Waals surface area (Å²) in [6, 6.07) is 11.0. The Morgan fingerprint density at radius 2 is 2.12 bits per heavy atom. The standard InChI is InChI=1S/C14H17NO2/c1-10-7-12(8-11-5-3-2-4-6-11)15-13(10)9-17-14(15)16/h2-6,10,12-13H,7-9H2,1H3/t10-,12+,13-/m0/s1. The molecule has 0 N–H and O–H groups in total. The highest BCUT2D eigenvalue weighted by molar-refractivity contribution is 5.71. The van der Waals surface area contributed by atoms with Crippen molar-refractivity contribution < 1.29 is 9.53 Å². The molecule has 0 radical (unpaired) electrons. The van der Waals surface area contributed by atoms with Crippen molar-refractivity contribution in [3.05, 3.63) is 35.9 Å². The second-order valence-electron chi connectivity index (χ2n) is 5.11. The largest absolute Gasteiger partial charge is 0.447 e. The fourth-order valence-corrected chi connectivity index (χ4v) is 3.07. The summed E-state index contributed by atoms with van der Waals surface area (Å²) in [5.74, 6) is 0.551. The van der Waals surface area contributed by atoms with E-state index in [4.69, 9.17) is 4.74 Å². The number of nitrogens with zero attached hydrogens (tertiary/aromatic N) is 1. The molecule has 3 nitrogen and oxygen atoms in total. The van der Waals surface area contributed by atoms with Crippen LogP contribution in [-0.4, -0.2) is 29.7 Å². The van der Waals surface area contributed by atoms with Gasteiger partial charge in [-0.15, -0.1) is 0 Å². The predicted molar refractivity (Wildman–Crippen MR) is 64.7 cm³/mol. The molecule has 17 heavy (non-hydrogen) atoms. The Morgan fingerprint density at radius 1 is 1.35 bits per heavy atom. The van der Waals surface area contributed by atoms with Crippen molar-refractivity contribution in [2.45, 2.75) is 31.8 Å². The van der Waals surface area contributed by atoms with Crippen LogP contribution in [0.3, 0.4) is 0 Å². The van der Waals surface area contributed by atoms with Crippen molar-refractivity contribution in [1.29, 1.82) is 0 Å². The smallest absolute Gasteiger partial charge is 0.410 e. The third kappa shape index (κ3) is 1.79. The number of hydrogen-bond donors (Lipinski definition) is 0. The van der Waals surface area contributed by atoms with Gasteiger partial charge in [0.2, 0.25) is 0 Å². The number of hydrogen-bond acceptors (Lipinski definition) is 2. The molecule has 3 atom stereocenters. The van der Waals surface area contributed by atoms with E-state index in [0.717, 1.165) is 12.8 Å².